The Morgan fingerprint density at radius 2 is 1.60 bits per heavy atom. The molecule has 4 rings (SSSR count). The van der Waals surface area contributed by atoms with Crippen LogP contribution in [0.4, 0.5) is 4.79 Å². The molecule has 0 spiro atoms. The highest BCUT2D eigenvalue weighted by Crippen LogP contribution is 2.39. The van der Waals surface area contributed by atoms with Crippen LogP contribution < -0.4 is 4.74 Å². The average molecular weight is 410 g/mol. The molecule has 2 aliphatic rings. The lowest BCUT2D eigenvalue weighted by Gasteiger charge is -2.48. The first-order valence-corrected chi connectivity index (χ1v) is 10.9. The van der Waals surface area contributed by atoms with E-state index in [4.69, 9.17) is 9.47 Å². The van der Waals surface area contributed by atoms with Crippen molar-refractivity contribution in [3.05, 3.63) is 42.0 Å². The number of ether oxygens (including phenoxy) is 2. The minimum Gasteiger partial charge on any atom is -0.497 e. The van der Waals surface area contributed by atoms with E-state index < -0.39 is 5.60 Å². The van der Waals surface area contributed by atoms with Gasteiger partial charge in [0.15, 0.2) is 5.78 Å². The lowest BCUT2D eigenvalue weighted by Crippen LogP contribution is -2.56. The van der Waals surface area contributed by atoms with Gasteiger partial charge in [-0.05, 0) is 81.8 Å². The van der Waals surface area contributed by atoms with Crippen molar-refractivity contribution in [1.82, 2.24) is 4.90 Å². The fraction of sp³-hybridized carbons (Fsp3) is 0.520. The van der Waals surface area contributed by atoms with Crippen LogP contribution in [0.5, 0.6) is 5.75 Å². The zero-order chi connectivity index (χ0) is 21.5. The second-order valence-electron chi connectivity index (χ2n) is 9.59. The number of ketones is 1. The molecule has 1 amide bonds. The number of hydrogen-bond acceptors (Lipinski definition) is 4. The molecular formula is C25H31NO4. The fourth-order valence-electron chi connectivity index (χ4n) is 4.95. The van der Waals surface area contributed by atoms with Gasteiger partial charge in [0.05, 0.1) is 7.11 Å². The highest BCUT2D eigenvalue weighted by Gasteiger charge is 2.44. The topological polar surface area (TPSA) is 55.8 Å². The minimum absolute atomic E-state index is 0.0466. The molecule has 2 heterocycles. The molecule has 30 heavy (non-hydrogen) atoms. The lowest BCUT2D eigenvalue weighted by molar-refractivity contribution is -0.0260. The van der Waals surface area contributed by atoms with Gasteiger partial charge in [-0.2, -0.15) is 0 Å². The number of fused-ring (bicyclic) bond motifs is 3. The van der Waals surface area contributed by atoms with Gasteiger partial charge in [0.2, 0.25) is 0 Å². The Labute approximate surface area is 178 Å². The molecule has 2 aromatic rings. The van der Waals surface area contributed by atoms with Crippen LogP contribution in [0, 0.1) is 5.92 Å². The smallest absolute Gasteiger partial charge is 0.410 e. The van der Waals surface area contributed by atoms with Crippen molar-refractivity contribution in [2.45, 2.75) is 70.6 Å². The third-order valence-corrected chi connectivity index (χ3v) is 6.28. The Bertz CT molecular complexity index is 947. The zero-order valence-electron chi connectivity index (χ0n) is 18.3. The Balaban J connectivity index is 1.52. The van der Waals surface area contributed by atoms with Crippen molar-refractivity contribution >= 4 is 22.6 Å². The van der Waals surface area contributed by atoms with E-state index in [1.54, 1.807) is 7.11 Å². The maximum Gasteiger partial charge on any atom is 0.410 e. The molecule has 0 aliphatic carbocycles. The molecule has 5 nitrogen and oxygen atoms in total. The number of piperidine rings is 2. The van der Waals surface area contributed by atoms with Crippen molar-refractivity contribution in [3.8, 4) is 5.75 Å². The van der Waals surface area contributed by atoms with Crippen LogP contribution in [-0.4, -0.2) is 41.6 Å². The highest BCUT2D eigenvalue weighted by molar-refractivity contribution is 6.01. The minimum atomic E-state index is -0.508. The Kier molecular flexibility index (Phi) is 5.48. The first-order valence-electron chi connectivity index (χ1n) is 10.9. The quantitative estimate of drug-likeness (QED) is 0.619. The number of carbonyl (C=O) groups excluding carboxylic acids is 2. The van der Waals surface area contributed by atoms with Crippen molar-refractivity contribution in [3.63, 3.8) is 0 Å². The summed E-state index contributed by atoms with van der Waals surface area (Å²) < 4.78 is 10.9. The van der Waals surface area contributed by atoms with E-state index in [0.29, 0.717) is 0 Å². The molecule has 2 saturated heterocycles. The maximum atomic E-state index is 13.3. The second-order valence-corrected chi connectivity index (χ2v) is 9.59. The van der Waals surface area contributed by atoms with E-state index >= 15 is 0 Å². The lowest BCUT2D eigenvalue weighted by atomic mass is 9.75. The summed E-state index contributed by atoms with van der Waals surface area (Å²) in [5.41, 5.74) is 0.243. The SMILES string of the molecule is COc1ccc2cc(C(=O)C3CC4CCCC(C3)N4C(=O)OC(C)(C)C)ccc2c1. The number of amides is 1. The molecule has 0 N–H and O–H groups in total. The van der Waals surface area contributed by atoms with E-state index in [1.807, 2.05) is 62.1 Å². The molecule has 0 aromatic heterocycles. The summed E-state index contributed by atoms with van der Waals surface area (Å²) in [6, 6.07) is 11.9. The highest BCUT2D eigenvalue weighted by atomic mass is 16.6. The number of hydrogen-bond donors (Lipinski definition) is 0. The van der Waals surface area contributed by atoms with Gasteiger partial charge < -0.3 is 14.4 Å². The summed E-state index contributed by atoms with van der Waals surface area (Å²) in [6.45, 7) is 5.69. The molecule has 2 aliphatic heterocycles. The van der Waals surface area contributed by atoms with Gasteiger partial charge in [0.1, 0.15) is 11.4 Å². The normalized spacial score (nSPS) is 23.9. The van der Waals surface area contributed by atoms with E-state index in [2.05, 4.69) is 0 Å². The molecule has 0 radical (unpaired) electrons. The number of methoxy groups -OCH3 is 1. The third-order valence-electron chi connectivity index (χ3n) is 6.28. The number of benzene rings is 2. The number of Topliss-reactive ketones (excluding diaryl/α,β-unsaturated/α-hetero) is 1. The van der Waals surface area contributed by atoms with Crippen LogP contribution >= 0.6 is 0 Å². The average Bonchev–Trinajstić information content (AvgIpc) is 2.70. The summed E-state index contributed by atoms with van der Waals surface area (Å²) in [6.07, 6.45) is 4.19. The van der Waals surface area contributed by atoms with Gasteiger partial charge in [-0.25, -0.2) is 4.79 Å². The molecular weight excluding hydrogens is 378 g/mol. The molecule has 2 unspecified atom stereocenters. The fourth-order valence-corrected chi connectivity index (χ4v) is 4.95. The van der Waals surface area contributed by atoms with Gasteiger partial charge in [0.25, 0.3) is 0 Å². The van der Waals surface area contributed by atoms with Gasteiger partial charge in [0, 0.05) is 23.6 Å². The molecule has 0 saturated carbocycles. The standard InChI is InChI=1S/C25H31NO4/c1-25(2,3)30-24(28)26-20-6-5-7-21(26)14-19(13-20)23(27)18-9-8-17-15-22(29-4)11-10-16(17)12-18/h8-12,15,19-21H,5-7,13-14H2,1-4H3. The van der Waals surface area contributed by atoms with E-state index in [1.165, 1.54) is 0 Å². The van der Waals surface area contributed by atoms with E-state index in [-0.39, 0.29) is 29.9 Å². The van der Waals surface area contributed by atoms with Crippen LogP contribution in [0.3, 0.4) is 0 Å². The molecule has 2 aromatic carbocycles. The van der Waals surface area contributed by atoms with Crippen LogP contribution in [0.25, 0.3) is 10.8 Å². The van der Waals surface area contributed by atoms with E-state index in [9.17, 15) is 9.59 Å². The summed E-state index contributed by atoms with van der Waals surface area (Å²) in [4.78, 5) is 28.0. The summed E-state index contributed by atoms with van der Waals surface area (Å²) in [7, 11) is 1.65. The zero-order valence-corrected chi connectivity index (χ0v) is 18.3. The summed E-state index contributed by atoms with van der Waals surface area (Å²) in [5.74, 6) is 0.951. The van der Waals surface area contributed by atoms with Crippen molar-refractivity contribution in [2.24, 2.45) is 5.92 Å². The van der Waals surface area contributed by atoms with Gasteiger partial charge >= 0.3 is 6.09 Å². The van der Waals surface area contributed by atoms with Crippen LogP contribution in [0.2, 0.25) is 0 Å². The van der Waals surface area contributed by atoms with Crippen LogP contribution in [0.1, 0.15) is 63.2 Å². The first kappa shape index (κ1) is 20.7. The Morgan fingerprint density at radius 1 is 0.967 bits per heavy atom. The monoisotopic (exact) mass is 409 g/mol. The summed E-state index contributed by atoms with van der Waals surface area (Å²) >= 11 is 0. The Morgan fingerprint density at radius 3 is 2.23 bits per heavy atom. The van der Waals surface area contributed by atoms with Crippen molar-refractivity contribution in [2.75, 3.05) is 7.11 Å². The van der Waals surface area contributed by atoms with Crippen LogP contribution in [0.15, 0.2) is 36.4 Å². The molecule has 2 atom stereocenters. The molecule has 2 fully saturated rings. The molecule has 5 heteroatoms. The van der Waals surface area contributed by atoms with Crippen LogP contribution in [-0.2, 0) is 4.74 Å². The van der Waals surface area contributed by atoms with Gasteiger partial charge in [-0.15, -0.1) is 0 Å². The predicted molar refractivity (Wildman–Crippen MR) is 117 cm³/mol. The second kappa shape index (κ2) is 7.93. The third kappa shape index (κ3) is 4.16. The predicted octanol–water partition coefficient (Wildman–Crippen LogP) is 5.60. The Hall–Kier alpha value is -2.56. The van der Waals surface area contributed by atoms with Gasteiger partial charge in [-0.1, -0.05) is 18.2 Å². The number of rotatable bonds is 3. The largest absolute Gasteiger partial charge is 0.497 e. The number of carbonyl (C=O) groups is 2. The number of nitrogens with zero attached hydrogens (tertiary/aromatic N) is 1. The van der Waals surface area contributed by atoms with Crippen molar-refractivity contribution in [1.29, 1.82) is 0 Å². The molecule has 160 valence electrons. The maximum absolute atomic E-state index is 13.3. The van der Waals surface area contributed by atoms with Gasteiger partial charge in [-0.3, -0.25) is 4.79 Å². The first-order chi connectivity index (χ1) is 14.2. The summed E-state index contributed by atoms with van der Waals surface area (Å²) in [5, 5.41) is 2.09. The molecule has 2 bridgehead atoms. The van der Waals surface area contributed by atoms with E-state index in [0.717, 1.165) is 54.2 Å². The van der Waals surface area contributed by atoms with Crippen molar-refractivity contribution < 1.29 is 19.1 Å².